The normalized spacial score (nSPS) is 11.6. The van der Waals surface area contributed by atoms with E-state index in [9.17, 15) is 4.57 Å². The van der Waals surface area contributed by atoms with Gasteiger partial charge in [-0.05, 0) is 17.7 Å². The van der Waals surface area contributed by atoms with Crippen LogP contribution in [0, 0.1) is 0 Å². The molecule has 6 heteroatoms. The molecular formula is C10H15O4PS. The fourth-order valence-electron chi connectivity index (χ4n) is 1.15. The van der Waals surface area contributed by atoms with Crippen molar-refractivity contribution >= 4 is 19.6 Å². The third-order valence-electron chi connectivity index (χ3n) is 1.87. The second kappa shape index (κ2) is 7.09. The molecule has 0 unspecified atom stereocenters. The van der Waals surface area contributed by atoms with Gasteiger partial charge in [-0.2, -0.15) is 11.8 Å². The lowest BCUT2D eigenvalue weighted by molar-refractivity contribution is 0.208. The number of phosphoric ester groups is 1. The maximum absolute atomic E-state index is 10.3. The second-order valence-electron chi connectivity index (χ2n) is 3.17. The summed E-state index contributed by atoms with van der Waals surface area (Å²) in [5.74, 6) is 1.52. The topological polar surface area (TPSA) is 66.8 Å². The van der Waals surface area contributed by atoms with E-state index in [1.165, 1.54) is 5.56 Å². The minimum Gasteiger partial charge on any atom is -0.303 e. The summed E-state index contributed by atoms with van der Waals surface area (Å²) < 4.78 is 14.7. The van der Waals surface area contributed by atoms with Gasteiger partial charge in [0.2, 0.25) is 0 Å². The standard InChI is InChI=1S/C10H15O4PS/c11-15(12,13)14-7-9-16-8-6-10-4-2-1-3-5-10/h1-5H,6-9H2,(H2,11,12,13). The Hall–Kier alpha value is -0.320. The highest BCUT2D eigenvalue weighted by atomic mass is 32.2. The molecule has 0 saturated carbocycles. The molecule has 4 nitrogen and oxygen atoms in total. The lowest BCUT2D eigenvalue weighted by Crippen LogP contribution is -1.97. The van der Waals surface area contributed by atoms with Crippen LogP contribution in [0.3, 0.4) is 0 Å². The lowest BCUT2D eigenvalue weighted by atomic mass is 10.2. The molecule has 1 aromatic rings. The quantitative estimate of drug-likeness (QED) is 0.581. The first-order valence-corrected chi connectivity index (χ1v) is 7.58. The molecule has 0 bridgehead atoms. The number of rotatable bonds is 7. The molecule has 0 aliphatic rings. The van der Waals surface area contributed by atoms with Gasteiger partial charge in [-0.25, -0.2) is 4.57 Å². The van der Waals surface area contributed by atoms with Crippen molar-refractivity contribution in [3.8, 4) is 0 Å². The third-order valence-corrected chi connectivity index (χ3v) is 3.33. The van der Waals surface area contributed by atoms with Gasteiger partial charge in [-0.3, -0.25) is 4.52 Å². The zero-order valence-corrected chi connectivity index (χ0v) is 10.5. The largest absolute Gasteiger partial charge is 0.469 e. The van der Waals surface area contributed by atoms with Crippen molar-refractivity contribution in [2.24, 2.45) is 0 Å². The highest BCUT2D eigenvalue weighted by molar-refractivity contribution is 7.99. The Labute approximate surface area is 99.3 Å². The summed E-state index contributed by atoms with van der Waals surface area (Å²) in [5, 5.41) is 0. The number of thioether (sulfide) groups is 1. The number of phosphoric acid groups is 1. The number of hydrogen-bond donors (Lipinski definition) is 2. The van der Waals surface area contributed by atoms with Gasteiger partial charge >= 0.3 is 7.82 Å². The van der Waals surface area contributed by atoms with Crippen LogP contribution in [0.15, 0.2) is 30.3 Å². The molecule has 0 aromatic heterocycles. The average molecular weight is 262 g/mol. The highest BCUT2D eigenvalue weighted by Crippen LogP contribution is 2.35. The van der Waals surface area contributed by atoms with E-state index in [0.29, 0.717) is 5.75 Å². The SMILES string of the molecule is O=P(O)(O)OCCSCCc1ccccc1. The van der Waals surface area contributed by atoms with Gasteiger partial charge in [0, 0.05) is 5.75 Å². The number of aryl methyl sites for hydroxylation is 1. The molecule has 0 atom stereocenters. The Morgan fingerprint density at radius 1 is 1.19 bits per heavy atom. The van der Waals surface area contributed by atoms with Gasteiger partial charge < -0.3 is 9.79 Å². The molecule has 0 radical (unpaired) electrons. The first-order chi connectivity index (χ1) is 7.58. The van der Waals surface area contributed by atoms with Crippen LogP contribution in [0.2, 0.25) is 0 Å². The fourth-order valence-corrected chi connectivity index (χ4v) is 2.39. The molecule has 1 aromatic carbocycles. The van der Waals surface area contributed by atoms with Gasteiger partial charge in [0.25, 0.3) is 0 Å². The van der Waals surface area contributed by atoms with Crippen molar-refractivity contribution in [2.45, 2.75) is 6.42 Å². The summed E-state index contributed by atoms with van der Waals surface area (Å²) in [6.45, 7) is 0.0870. The highest BCUT2D eigenvalue weighted by Gasteiger charge is 2.12. The first-order valence-electron chi connectivity index (χ1n) is 4.90. The summed E-state index contributed by atoms with van der Waals surface area (Å²) in [5.41, 5.74) is 1.27. The molecule has 0 aliphatic heterocycles. The van der Waals surface area contributed by atoms with E-state index in [1.54, 1.807) is 11.8 Å². The molecule has 0 amide bonds. The van der Waals surface area contributed by atoms with E-state index in [-0.39, 0.29) is 6.61 Å². The Kier molecular flexibility index (Phi) is 6.09. The van der Waals surface area contributed by atoms with Crippen LogP contribution >= 0.6 is 19.6 Å². The van der Waals surface area contributed by atoms with Gasteiger partial charge in [0.15, 0.2) is 0 Å². The average Bonchev–Trinajstić information content (AvgIpc) is 2.23. The molecule has 0 saturated heterocycles. The van der Waals surface area contributed by atoms with Crippen LogP contribution in [0.25, 0.3) is 0 Å². The van der Waals surface area contributed by atoms with Crippen molar-refractivity contribution in [3.05, 3.63) is 35.9 Å². The van der Waals surface area contributed by atoms with Crippen LogP contribution in [-0.2, 0) is 15.5 Å². The fraction of sp³-hybridized carbons (Fsp3) is 0.400. The van der Waals surface area contributed by atoms with E-state index < -0.39 is 7.82 Å². The first kappa shape index (κ1) is 13.7. The molecule has 0 aliphatic carbocycles. The second-order valence-corrected chi connectivity index (χ2v) is 5.64. The monoisotopic (exact) mass is 262 g/mol. The van der Waals surface area contributed by atoms with Crippen LogP contribution in [0.1, 0.15) is 5.56 Å². The van der Waals surface area contributed by atoms with E-state index in [4.69, 9.17) is 9.79 Å². The van der Waals surface area contributed by atoms with Crippen LogP contribution in [0.4, 0.5) is 0 Å². The Bertz CT molecular complexity index is 338. The summed E-state index contributed by atoms with van der Waals surface area (Å²) in [6, 6.07) is 10.1. The van der Waals surface area contributed by atoms with Crippen molar-refractivity contribution < 1.29 is 18.9 Å². The van der Waals surface area contributed by atoms with E-state index >= 15 is 0 Å². The van der Waals surface area contributed by atoms with E-state index in [1.807, 2.05) is 18.2 Å². The molecule has 2 N–H and O–H groups in total. The molecule has 0 heterocycles. The van der Waals surface area contributed by atoms with Crippen molar-refractivity contribution in [2.75, 3.05) is 18.1 Å². The molecule has 1 rings (SSSR count). The zero-order valence-electron chi connectivity index (χ0n) is 8.78. The summed E-state index contributed by atoms with van der Waals surface area (Å²) >= 11 is 1.62. The van der Waals surface area contributed by atoms with E-state index in [0.717, 1.165) is 12.2 Å². The van der Waals surface area contributed by atoms with Crippen molar-refractivity contribution in [1.82, 2.24) is 0 Å². The number of benzene rings is 1. The van der Waals surface area contributed by atoms with Gasteiger partial charge in [-0.1, -0.05) is 30.3 Å². The summed E-state index contributed by atoms with van der Waals surface area (Å²) in [6.07, 6.45) is 0.960. The zero-order chi connectivity index (χ0) is 11.9. The summed E-state index contributed by atoms with van der Waals surface area (Å²) in [4.78, 5) is 16.9. The minimum atomic E-state index is -4.29. The number of hydrogen-bond acceptors (Lipinski definition) is 3. The van der Waals surface area contributed by atoms with E-state index in [2.05, 4.69) is 16.7 Å². The van der Waals surface area contributed by atoms with Crippen LogP contribution < -0.4 is 0 Å². The van der Waals surface area contributed by atoms with Crippen molar-refractivity contribution in [1.29, 1.82) is 0 Å². The maximum atomic E-state index is 10.3. The van der Waals surface area contributed by atoms with Gasteiger partial charge in [0.05, 0.1) is 6.61 Å². The Balaban J connectivity index is 2.03. The molecule has 0 fully saturated rings. The van der Waals surface area contributed by atoms with Gasteiger partial charge in [-0.15, -0.1) is 0 Å². The van der Waals surface area contributed by atoms with Crippen LogP contribution in [0.5, 0.6) is 0 Å². The van der Waals surface area contributed by atoms with Crippen molar-refractivity contribution in [3.63, 3.8) is 0 Å². The maximum Gasteiger partial charge on any atom is 0.469 e. The third kappa shape index (κ3) is 7.04. The molecular weight excluding hydrogens is 247 g/mol. The summed E-state index contributed by atoms with van der Waals surface area (Å²) in [7, 11) is -4.29. The molecule has 16 heavy (non-hydrogen) atoms. The van der Waals surface area contributed by atoms with Gasteiger partial charge in [0.1, 0.15) is 0 Å². The molecule has 90 valence electrons. The predicted octanol–water partition coefficient (Wildman–Crippen LogP) is 2.07. The molecule has 0 spiro atoms. The predicted molar refractivity (Wildman–Crippen MR) is 65.5 cm³/mol. The smallest absolute Gasteiger partial charge is 0.303 e. The van der Waals surface area contributed by atoms with Crippen LogP contribution in [-0.4, -0.2) is 27.9 Å². The minimum absolute atomic E-state index is 0.0870. The Morgan fingerprint density at radius 3 is 2.50 bits per heavy atom. The lowest BCUT2D eigenvalue weighted by Gasteiger charge is -2.04. The Morgan fingerprint density at radius 2 is 1.88 bits per heavy atom.